The van der Waals surface area contributed by atoms with Crippen LogP contribution in [0.2, 0.25) is 0 Å². The topological polar surface area (TPSA) is 111 Å². The summed E-state index contributed by atoms with van der Waals surface area (Å²) in [4.78, 5) is 38.3. The summed E-state index contributed by atoms with van der Waals surface area (Å²) in [6.07, 6.45) is 106. The van der Waals surface area contributed by atoms with Gasteiger partial charge in [0.2, 0.25) is 0 Å². The second-order valence-electron chi connectivity index (χ2n) is 32.3. The fourth-order valence-corrected chi connectivity index (χ4v) is 14.8. The zero-order valence-corrected chi connectivity index (χ0v) is 69.1. The van der Waals surface area contributed by atoms with Crippen LogP contribution in [0.1, 0.15) is 489 Å². The van der Waals surface area contributed by atoms with Crippen LogP contribution in [0.4, 0.5) is 0 Å². The first-order valence-corrected chi connectivity index (χ1v) is 46.5. The summed E-state index contributed by atoms with van der Waals surface area (Å²) in [5.74, 6) is -0.801. The maximum atomic E-state index is 12.9. The van der Waals surface area contributed by atoms with Crippen LogP contribution in [0.3, 0.4) is 0 Å². The Morgan fingerprint density at radius 2 is 0.540 bits per heavy atom. The molecule has 0 saturated heterocycles. The van der Waals surface area contributed by atoms with E-state index < -0.39 is 26.5 Å². The van der Waals surface area contributed by atoms with Gasteiger partial charge in [0, 0.05) is 12.8 Å². The lowest BCUT2D eigenvalue weighted by molar-refractivity contribution is -0.870. The van der Waals surface area contributed by atoms with E-state index in [0.29, 0.717) is 17.4 Å². The van der Waals surface area contributed by atoms with E-state index in [0.717, 1.165) is 38.5 Å². The zero-order valence-electron chi connectivity index (χ0n) is 68.2. The Bertz CT molecular complexity index is 1730. The molecule has 9 nitrogen and oxygen atoms in total. The van der Waals surface area contributed by atoms with Gasteiger partial charge in [-0.3, -0.25) is 14.2 Å². The molecule has 0 heterocycles. The fourth-order valence-electron chi connectivity index (χ4n) is 14.1. The minimum Gasteiger partial charge on any atom is -0.756 e. The third kappa shape index (κ3) is 85.4. The number of phosphoric acid groups is 1. The Kier molecular flexibility index (Phi) is 80.3. The van der Waals surface area contributed by atoms with E-state index in [-0.39, 0.29) is 32.0 Å². The third-order valence-electron chi connectivity index (χ3n) is 21.0. The molecule has 100 heavy (non-hydrogen) atoms. The van der Waals surface area contributed by atoms with Crippen LogP contribution >= 0.6 is 7.82 Å². The predicted octanol–water partition coefficient (Wildman–Crippen LogP) is 29.7. The summed E-state index contributed by atoms with van der Waals surface area (Å²) in [7, 11) is 1.20. The summed E-state index contributed by atoms with van der Waals surface area (Å²) in [5.41, 5.74) is 0. The van der Waals surface area contributed by atoms with Crippen LogP contribution in [0.5, 0.6) is 0 Å². The molecule has 0 bridgehead atoms. The zero-order chi connectivity index (χ0) is 72.5. The van der Waals surface area contributed by atoms with Crippen molar-refractivity contribution < 1.29 is 42.1 Å². The van der Waals surface area contributed by atoms with Gasteiger partial charge in [-0.2, -0.15) is 0 Å². The normalized spacial score (nSPS) is 13.0. The minimum atomic E-state index is -4.64. The molecule has 0 radical (unpaired) electrons. The number of phosphoric ester groups is 1. The number of ether oxygens (including phenoxy) is 2. The van der Waals surface area contributed by atoms with Crippen LogP contribution < -0.4 is 4.89 Å². The summed E-state index contributed by atoms with van der Waals surface area (Å²) >= 11 is 0. The number of likely N-dealkylation sites (N-methyl/N-ethyl adjacent to an activating group) is 1. The molecule has 0 spiro atoms. The van der Waals surface area contributed by atoms with Crippen molar-refractivity contribution in [2.45, 2.75) is 495 Å². The maximum Gasteiger partial charge on any atom is 0.306 e. The van der Waals surface area contributed by atoms with Crippen molar-refractivity contribution in [3.63, 3.8) is 0 Å². The molecule has 0 aliphatic rings. The van der Waals surface area contributed by atoms with E-state index >= 15 is 0 Å². The second kappa shape index (κ2) is 81.6. The molecule has 0 aliphatic heterocycles. The van der Waals surface area contributed by atoms with Crippen LogP contribution in [-0.4, -0.2) is 70.0 Å². The Morgan fingerprint density at radius 1 is 0.310 bits per heavy atom. The molecule has 0 saturated carbocycles. The third-order valence-corrected chi connectivity index (χ3v) is 21.9. The van der Waals surface area contributed by atoms with Crippen molar-refractivity contribution in [2.24, 2.45) is 0 Å². The van der Waals surface area contributed by atoms with Crippen molar-refractivity contribution in [1.29, 1.82) is 0 Å². The number of quaternary nitrogens is 1. The van der Waals surface area contributed by atoms with Gasteiger partial charge in [-0.1, -0.05) is 456 Å². The number of carbonyl (C=O) groups is 2. The van der Waals surface area contributed by atoms with Crippen molar-refractivity contribution in [2.75, 3.05) is 47.5 Å². The lowest BCUT2D eigenvalue weighted by atomic mass is 10.0. The van der Waals surface area contributed by atoms with Gasteiger partial charge < -0.3 is 27.9 Å². The first-order valence-electron chi connectivity index (χ1n) is 45.0. The highest BCUT2D eigenvalue weighted by atomic mass is 31.2. The van der Waals surface area contributed by atoms with Gasteiger partial charge in [0.1, 0.15) is 19.8 Å². The Labute approximate surface area is 625 Å². The SMILES string of the molecule is CCCCCCC/C=C\C/C=C\CCCCCCCCCCCCCCCCCCCCCCCCCCCCCC(=O)OC(COC(=O)CCCCCCCCCCCCCCCCCCCCCCCCCCCCCCCCCCCCCCC)COP(=O)([O-])OCC[N+](C)(C)C. The molecule has 0 aromatic heterocycles. The molecule has 0 aliphatic carbocycles. The summed E-state index contributed by atoms with van der Waals surface area (Å²) in [6.45, 7) is 4.33. The number of nitrogens with zero attached hydrogens (tertiary/aromatic N) is 1. The summed E-state index contributed by atoms with van der Waals surface area (Å²) in [6, 6.07) is 0. The number of hydrogen-bond donors (Lipinski definition) is 0. The largest absolute Gasteiger partial charge is 0.756 e. The minimum absolute atomic E-state index is 0.0258. The molecule has 0 amide bonds. The molecule has 2 atom stereocenters. The lowest BCUT2D eigenvalue weighted by Gasteiger charge is -2.28. The van der Waals surface area contributed by atoms with Crippen molar-refractivity contribution in [3.8, 4) is 0 Å². The molecule has 10 heteroatoms. The number of esters is 2. The number of rotatable bonds is 86. The van der Waals surface area contributed by atoms with Gasteiger partial charge in [0.05, 0.1) is 27.7 Å². The molecule has 0 rings (SSSR count). The average Bonchev–Trinajstić information content (AvgIpc) is 1.07. The van der Waals surface area contributed by atoms with Gasteiger partial charge >= 0.3 is 11.9 Å². The van der Waals surface area contributed by atoms with E-state index in [4.69, 9.17) is 18.5 Å². The second-order valence-corrected chi connectivity index (χ2v) is 33.7. The lowest BCUT2D eigenvalue weighted by Crippen LogP contribution is -2.37. The Balaban J connectivity index is 3.83. The van der Waals surface area contributed by atoms with E-state index in [2.05, 4.69) is 38.2 Å². The molecule has 0 fully saturated rings. The Hall–Kier alpha value is -1.51. The highest BCUT2D eigenvalue weighted by Crippen LogP contribution is 2.38. The van der Waals surface area contributed by atoms with Crippen molar-refractivity contribution in [3.05, 3.63) is 24.3 Å². The van der Waals surface area contributed by atoms with E-state index in [1.54, 1.807) is 0 Å². The summed E-state index contributed by atoms with van der Waals surface area (Å²) in [5, 5.41) is 0. The number of carbonyl (C=O) groups excluding carboxylic acids is 2. The fraction of sp³-hybridized carbons (Fsp3) is 0.933. The van der Waals surface area contributed by atoms with E-state index in [1.165, 1.54) is 417 Å². The molecule has 594 valence electrons. The van der Waals surface area contributed by atoms with E-state index in [1.807, 2.05) is 21.1 Å². The van der Waals surface area contributed by atoms with Gasteiger partial charge in [-0.05, 0) is 44.9 Å². The van der Waals surface area contributed by atoms with Crippen LogP contribution in [0.25, 0.3) is 0 Å². The van der Waals surface area contributed by atoms with E-state index in [9.17, 15) is 19.0 Å². The first-order chi connectivity index (χ1) is 49.0. The smallest absolute Gasteiger partial charge is 0.306 e. The maximum absolute atomic E-state index is 12.9. The van der Waals surface area contributed by atoms with Crippen LogP contribution in [0.15, 0.2) is 24.3 Å². The van der Waals surface area contributed by atoms with Gasteiger partial charge in [-0.15, -0.1) is 0 Å². The van der Waals surface area contributed by atoms with Crippen molar-refractivity contribution in [1.82, 2.24) is 0 Å². The quantitative estimate of drug-likeness (QED) is 0.0195. The Morgan fingerprint density at radius 3 is 0.790 bits per heavy atom. The number of allylic oxidation sites excluding steroid dienone is 4. The monoisotopic (exact) mass is 1430 g/mol. The first kappa shape index (κ1) is 98.5. The molecular formula is C90H176NO8P. The summed E-state index contributed by atoms with van der Waals surface area (Å²) < 4.78 is 34.5. The highest BCUT2D eigenvalue weighted by molar-refractivity contribution is 7.45. The van der Waals surface area contributed by atoms with Crippen molar-refractivity contribution >= 4 is 19.8 Å². The van der Waals surface area contributed by atoms with Gasteiger partial charge in [0.25, 0.3) is 7.82 Å². The highest BCUT2D eigenvalue weighted by Gasteiger charge is 2.22. The number of hydrogen-bond acceptors (Lipinski definition) is 8. The number of unbranched alkanes of at least 4 members (excludes halogenated alkanes) is 68. The average molecular weight is 1430 g/mol. The van der Waals surface area contributed by atoms with Crippen LogP contribution in [-0.2, 0) is 32.7 Å². The predicted molar refractivity (Wildman–Crippen MR) is 435 cm³/mol. The molecular weight excluding hydrogens is 1250 g/mol. The van der Waals surface area contributed by atoms with Crippen LogP contribution in [0, 0.1) is 0 Å². The molecule has 2 unspecified atom stereocenters. The molecule has 0 aromatic rings. The standard InChI is InChI=1S/C90H176NO8P/c1-6-8-10-12-14-16-18-20-22-24-26-28-30-32-34-36-38-40-42-44-45-47-49-51-53-55-57-59-61-63-65-67-69-71-73-75-77-79-81-83-90(93)99-88(87-98-100(94,95)97-85-84-91(3,4)5)86-96-89(92)82-80-78-76-74-72-70-68-66-64-62-60-58-56-54-52-50-48-46-43-41-39-37-35-33-31-29-27-25-23-21-19-17-15-13-11-9-7-2/h18,20,24,26,88H,6-17,19,21-23,25,27-87H2,1-5H3/b20-18-,26-24-. The van der Waals surface area contributed by atoms with Gasteiger partial charge in [0.15, 0.2) is 6.10 Å². The van der Waals surface area contributed by atoms with Gasteiger partial charge in [-0.25, -0.2) is 0 Å². The molecule has 0 aromatic carbocycles. The molecule has 0 N–H and O–H groups in total.